The molecule has 0 aliphatic carbocycles. The number of hydrogen-bond donors (Lipinski definition) is 0. The van der Waals surface area contributed by atoms with Crippen LogP contribution in [0.1, 0.15) is 32.2 Å². The van der Waals surface area contributed by atoms with Gasteiger partial charge < -0.3 is 19.1 Å². The lowest BCUT2D eigenvalue weighted by Gasteiger charge is -2.27. The molecule has 1 atom stereocenters. The largest absolute Gasteiger partial charge is 0.378 e. The molecule has 7 heteroatoms. The Balaban J connectivity index is 1.51. The minimum absolute atomic E-state index is 0.435. The Kier molecular flexibility index (Phi) is 5.45. The number of anilines is 1. The van der Waals surface area contributed by atoms with Gasteiger partial charge in [-0.25, -0.2) is 15.0 Å². The molecule has 26 heavy (non-hydrogen) atoms. The maximum absolute atomic E-state index is 5.40. The molecule has 2 aromatic rings. The van der Waals surface area contributed by atoms with Gasteiger partial charge in [0.25, 0.3) is 0 Å². The second kappa shape index (κ2) is 8.14. The number of nitrogens with zero attached hydrogens (tertiary/aromatic N) is 6. The zero-order valence-electron chi connectivity index (χ0n) is 15.5. The lowest BCUT2D eigenvalue weighted by molar-refractivity contribution is 0.122. The van der Waals surface area contributed by atoms with E-state index in [2.05, 4.69) is 36.2 Å². The van der Waals surface area contributed by atoms with Crippen LogP contribution in [0.3, 0.4) is 0 Å². The van der Waals surface area contributed by atoms with Gasteiger partial charge in [-0.15, -0.1) is 0 Å². The molecule has 0 radical (unpaired) electrons. The van der Waals surface area contributed by atoms with Gasteiger partial charge in [-0.05, 0) is 32.4 Å². The van der Waals surface area contributed by atoms with Crippen molar-refractivity contribution in [2.75, 3.05) is 50.8 Å². The molecule has 2 aliphatic rings. The highest BCUT2D eigenvalue weighted by Gasteiger charge is 2.20. The van der Waals surface area contributed by atoms with E-state index in [-0.39, 0.29) is 0 Å². The third-order valence-corrected chi connectivity index (χ3v) is 5.43. The van der Waals surface area contributed by atoms with Gasteiger partial charge in [-0.1, -0.05) is 6.92 Å². The standard InChI is InChI=1S/C19H28N6O/c1-2-17(14-23-5-3-4-6-23)25-15-20-13-18(25)16-11-21-19(22-12-16)24-7-9-26-10-8-24/h11-13,15,17H,2-10,14H2,1H3. The Morgan fingerprint density at radius 1 is 1.04 bits per heavy atom. The maximum atomic E-state index is 5.40. The van der Waals surface area contributed by atoms with E-state index in [1.807, 2.05) is 24.9 Å². The first-order valence-corrected chi connectivity index (χ1v) is 9.74. The van der Waals surface area contributed by atoms with E-state index in [9.17, 15) is 0 Å². The first-order valence-electron chi connectivity index (χ1n) is 9.74. The highest BCUT2D eigenvalue weighted by atomic mass is 16.5. The summed E-state index contributed by atoms with van der Waals surface area (Å²) in [6.07, 6.45) is 11.5. The molecular formula is C19H28N6O. The third-order valence-electron chi connectivity index (χ3n) is 5.43. The number of hydrogen-bond acceptors (Lipinski definition) is 6. The van der Waals surface area contributed by atoms with Crippen LogP contribution in [-0.4, -0.2) is 70.4 Å². The van der Waals surface area contributed by atoms with E-state index in [0.29, 0.717) is 6.04 Å². The van der Waals surface area contributed by atoms with Gasteiger partial charge in [0.2, 0.25) is 5.95 Å². The van der Waals surface area contributed by atoms with E-state index < -0.39 is 0 Å². The molecule has 4 heterocycles. The van der Waals surface area contributed by atoms with Crippen molar-refractivity contribution < 1.29 is 4.74 Å². The molecule has 2 aliphatic heterocycles. The first kappa shape index (κ1) is 17.4. The second-order valence-electron chi connectivity index (χ2n) is 7.13. The van der Waals surface area contributed by atoms with Crippen LogP contribution in [-0.2, 0) is 4.74 Å². The zero-order chi connectivity index (χ0) is 17.8. The number of morpholine rings is 1. The van der Waals surface area contributed by atoms with E-state index >= 15 is 0 Å². The maximum Gasteiger partial charge on any atom is 0.225 e. The summed E-state index contributed by atoms with van der Waals surface area (Å²) in [5, 5.41) is 0. The topological polar surface area (TPSA) is 59.3 Å². The Bertz CT molecular complexity index is 688. The predicted octanol–water partition coefficient (Wildman–Crippen LogP) is 2.22. The quantitative estimate of drug-likeness (QED) is 0.791. The zero-order valence-corrected chi connectivity index (χ0v) is 15.5. The van der Waals surface area contributed by atoms with Gasteiger partial charge in [0.15, 0.2) is 0 Å². The van der Waals surface area contributed by atoms with Gasteiger partial charge in [-0.3, -0.25) is 0 Å². The molecule has 2 aromatic heterocycles. The van der Waals surface area contributed by atoms with Gasteiger partial charge in [0.05, 0.1) is 31.4 Å². The van der Waals surface area contributed by atoms with Crippen LogP contribution in [0.15, 0.2) is 24.9 Å². The molecule has 0 N–H and O–H groups in total. The molecular weight excluding hydrogens is 328 g/mol. The highest BCUT2D eigenvalue weighted by molar-refractivity contribution is 5.57. The summed E-state index contributed by atoms with van der Waals surface area (Å²) in [7, 11) is 0. The summed E-state index contributed by atoms with van der Waals surface area (Å²) in [6, 6.07) is 0.435. The fourth-order valence-corrected chi connectivity index (χ4v) is 3.88. The molecule has 0 bridgehead atoms. The Labute approximate surface area is 155 Å². The molecule has 0 amide bonds. The molecule has 0 saturated carbocycles. The summed E-state index contributed by atoms with van der Waals surface area (Å²) in [6.45, 7) is 8.97. The number of aromatic nitrogens is 4. The van der Waals surface area contributed by atoms with Crippen molar-refractivity contribution in [2.24, 2.45) is 0 Å². The van der Waals surface area contributed by atoms with E-state index in [4.69, 9.17) is 4.74 Å². The number of likely N-dealkylation sites (tertiary alicyclic amines) is 1. The van der Waals surface area contributed by atoms with Crippen molar-refractivity contribution in [1.29, 1.82) is 0 Å². The average molecular weight is 356 g/mol. The van der Waals surface area contributed by atoms with Crippen LogP contribution >= 0.6 is 0 Å². The van der Waals surface area contributed by atoms with Crippen LogP contribution < -0.4 is 4.90 Å². The fraction of sp³-hybridized carbons (Fsp3) is 0.632. The van der Waals surface area contributed by atoms with Crippen LogP contribution in [0.4, 0.5) is 5.95 Å². The Morgan fingerprint density at radius 2 is 1.77 bits per heavy atom. The normalized spacial score (nSPS) is 19.8. The molecule has 0 aromatic carbocycles. The molecule has 4 rings (SSSR count). The Hall–Kier alpha value is -1.99. The minimum atomic E-state index is 0.435. The predicted molar refractivity (Wildman–Crippen MR) is 101 cm³/mol. The molecule has 2 saturated heterocycles. The van der Waals surface area contributed by atoms with Gasteiger partial charge in [0, 0.05) is 43.6 Å². The highest BCUT2D eigenvalue weighted by Crippen LogP contribution is 2.25. The van der Waals surface area contributed by atoms with E-state index in [1.54, 1.807) is 0 Å². The third kappa shape index (κ3) is 3.73. The number of ether oxygens (including phenoxy) is 1. The summed E-state index contributed by atoms with van der Waals surface area (Å²) in [4.78, 5) is 18.3. The van der Waals surface area contributed by atoms with Gasteiger partial charge in [-0.2, -0.15) is 0 Å². The molecule has 7 nitrogen and oxygen atoms in total. The summed E-state index contributed by atoms with van der Waals surface area (Å²) in [5.74, 6) is 0.784. The van der Waals surface area contributed by atoms with Crippen LogP contribution in [0, 0.1) is 0 Å². The SMILES string of the molecule is CCC(CN1CCCC1)n1cncc1-c1cnc(N2CCOCC2)nc1. The van der Waals surface area contributed by atoms with Crippen molar-refractivity contribution in [3.63, 3.8) is 0 Å². The van der Waals surface area contributed by atoms with Crippen molar-refractivity contribution in [2.45, 2.75) is 32.2 Å². The van der Waals surface area contributed by atoms with E-state index in [0.717, 1.165) is 56.5 Å². The summed E-state index contributed by atoms with van der Waals surface area (Å²) in [5.41, 5.74) is 2.13. The van der Waals surface area contributed by atoms with Crippen LogP contribution in [0.5, 0.6) is 0 Å². The monoisotopic (exact) mass is 356 g/mol. The molecule has 2 fully saturated rings. The van der Waals surface area contributed by atoms with Crippen molar-refractivity contribution >= 4 is 5.95 Å². The fourth-order valence-electron chi connectivity index (χ4n) is 3.88. The molecule has 140 valence electrons. The lowest BCUT2D eigenvalue weighted by Crippen LogP contribution is -2.37. The van der Waals surface area contributed by atoms with Crippen LogP contribution in [0.2, 0.25) is 0 Å². The number of imidazole rings is 1. The molecule has 0 spiro atoms. The van der Waals surface area contributed by atoms with Gasteiger partial charge in [0.1, 0.15) is 0 Å². The first-order chi connectivity index (χ1) is 12.8. The minimum Gasteiger partial charge on any atom is -0.378 e. The van der Waals surface area contributed by atoms with E-state index in [1.165, 1.54) is 25.9 Å². The van der Waals surface area contributed by atoms with Crippen molar-refractivity contribution in [3.8, 4) is 11.3 Å². The summed E-state index contributed by atoms with van der Waals surface area (Å²) >= 11 is 0. The average Bonchev–Trinajstić information content (AvgIpc) is 3.39. The van der Waals surface area contributed by atoms with Crippen LogP contribution in [0.25, 0.3) is 11.3 Å². The van der Waals surface area contributed by atoms with Gasteiger partial charge >= 0.3 is 0 Å². The number of rotatable bonds is 6. The summed E-state index contributed by atoms with van der Waals surface area (Å²) < 4.78 is 7.70. The molecule has 1 unspecified atom stereocenters. The smallest absolute Gasteiger partial charge is 0.225 e. The van der Waals surface area contributed by atoms with Crippen molar-refractivity contribution in [3.05, 3.63) is 24.9 Å². The Morgan fingerprint density at radius 3 is 2.46 bits per heavy atom. The lowest BCUT2D eigenvalue weighted by atomic mass is 10.1. The second-order valence-corrected chi connectivity index (χ2v) is 7.13. The van der Waals surface area contributed by atoms with Crippen molar-refractivity contribution in [1.82, 2.24) is 24.4 Å².